The summed E-state index contributed by atoms with van der Waals surface area (Å²) in [4.78, 5) is 11.7. The van der Waals surface area contributed by atoms with Crippen LogP contribution in [0.25, 0.3) is 5.69 Å². The highest BCUT2D eigenvalue weighted by Gasteiger charge is 2.44. The van der Waals surface area contributed by atoms with Crippen LogP contribution in [0.4, 0.5) is 8.78 Å². The van der Waals surface area contributed by atoms with Gasteiger partial charge in [-0.05, 0) is 36.8 Å². The minimum Gasteiger partial charge on any atom is -0.495 e. The number of carboxylic acids is 1. The Hall–Kier alpha value is -3.01. The first-order valence-electron chi connectivity index (χ1n) is 10.0. The summed E-state index contributed by atoms with van der Waals surface area (Å²) in [5.74, 6) is -5.21. The lowest BCUT2D eigenvalue weighted by Crippen LogP contribution is -2.22. The van der Waals surface area contributed by atoms with Crippen molar-refractivity contribution in [2.45, 2.75) is 31.5 Å². The van der Waals surface area contributed by atoms with Crippen molar-refractivity contribution < 1.29 is 28.2 Å². The Balaban J connectivity index is 2.04. The van der Waals surface area contributed by atoms with E-state index in [0.717, 1.165) is 4.57 Å². The standard InChI is InChI=1S/C23H19Cl2F2N3O4/c1-11(2)23(26,27)22-29-28-21-17(10-18(31)32)34-20(13-5-4-6-16(33-3)19(13)25)14-9-12(24)7-8-15(14)30(21)22/h4-9,17,20H,1,10H2,2-3H3,(H,31,32)/t17-,20?/m0/s1. The molecule has 11 heteroatoms. The fourth-order valence-electron chi connectivity index (χ4n) is 3.80. The third-order valence-electron chi connectivity index (χ3n) is 5.46. The first kappa shape index (κ1) is 24.1. The average molecular weight is 510 g/mol. The summed E-state index contributed by atoms with van der Waals surface area (Å²) < 4.78 is 42.9. The van der Waals surface area contributed by atoms with E-state index < -0.39 is 41.9 Å². The molecule has 2 atom stereocenters. The summed E-state index contributed by atoms with van der Waals surface area (Å²) in [5, 5.41) is 17.7. The number of halogens is 4. The van der Waals surface area contributed by atoms with E-state index in [-0.39, 0.29) is 16.5 Å². The van der Waals surface area contributed by atoms with Crippen LogP contribution in [-0.2, 0) is 15.5 Å². The molecule has 34 heavy (non-hydrogen) atoms. The second kappa shape index (κ2) is 8.98. The van der Waals surface area contributed by atoms with Crippen LogP contribution in [0.15, 0.2) is 48.6 Å². The lowest BCUT2D eigenvalue weighted by Gasteiger charge is -2.23. The first-order valence-corrected chi connectivity index (χ1v) is 10.8. The zero-order chi connectivity index (χ0) is 24.8. The first-order chi connectivity index (χ1) is 16.1. The summed E-state index contributed by atoms with van der Waals surface area (Å²) in [6.45, 7) is 4.55. The second-order valence-electron chi connectivity index (χ2n) is 7.74. The number of hydrogen-bond donors (Lipinski definition) is 1. The third-order valence-corrected chi connectivity index (χ3v) is 6.10. The maximum atomic E-state index is 15.1. The number of allylic oxidation sites excluding steroid dienone is 1. The fourth-order valence-corrected chi connectivity index (χ4v) is 4.28. The topological polar surface area (TPSA) is 86.5 Å². The Labute approximate surface area is 203 Å². The molecule has 1 aromatic heterocycles. The highest BCUT2D eigenvalue weighted by atomic mass is 35.5. The van der Waals surface area contributed by atoms with Gasteiger partial charge in [0.25, 0.3) is 0 Å². The van der Waals surface area contributed by atoms with Crippen molar-refractivity contribution in [3.8, 4) is 11.4 Å². The number of fused-ring (bicyclic) bond motifs is 3. The predicted molar refractivity (Wildman–Crippen MR) is 121 cm³/mol. The van der Waals surface area contributed by atoms with E-state index in [1.54, 1.807) is 24.3 Å². The number of alkyl halides is 2. The van der Waals surface area contributed by atoms with Crippen LogP contribution in [0.2, 0.25) is 10.0 Å². The molecule has 0 saturated carbocycles. The van der Waals surface area contributed by atoms with Gasteiger partial charge in [0.15, 0.2) is 5.82 Å². The van der Waals surface area contributed by atoms with Crippen molar-refractivity contribution in [3.63, 3.8) is 0 Å². The highest BCUT2D eigenvalue weighted by Crippen LogP contribution is 2.46. The molecule has 0 aliphatic carbocycles. The number of aromatic nitrogens is 3. The number of benzene rings is 2. The number of nitrogens with zero attached hydrogens (tertiary/aromatic N) is 3. The fraction of sp³-hybridized carbons (Fsp3) is 0.261. The van der Waals surface area contributed by atoms with Crippen molar-refractivity contribution >= 4 is 29.2 Å². The van der Waals surface area contributed by atoms with Crippen LogP contribution in [0.3, 0.4) is 0 Å². The van der Waals surface area contributed by atoms with Gasteiger partial charge < -0.3 is 14.6 Å². The molecular formula is C23H19Cl2F2N3O4. The van der Waals surface area contributed by atoms with E-state index in [1.807, 2.05) is 0 Å². The van der Waals surface area contributed by atoms with Gasteiger partial charge in [0.1, 0.15) is 18.0 Å². The minimum atomic E-state index is -3.55. The summed E-state index contributed by atoms with van der Waals surface area (Å²) in [6, 6.07) is 9.60. The molecule has 1 unspecified atom stereocenters. The molecule has 7 nitrogen and oxygen atoms in total. The van der Waals surface area contributed by atoms with Crippen LogP contribution in [0.5, 0.6) is 5.75 Å². The normalized spacial score (nSPS) is 17.5. The SMILES string of the molecule is C=C(C)C(F)(F)c1nnc2n1-c1ccc(Cl)cc1C(c1cccc(OC)c1Cl)O[C@H]2CC(=O)O. The van der Waals surface area contributed by atoms with E-state index in [4.69, 9.17) is 32.7 Å². The van der Waals surface area contributed by atoms with Crippen molar-refractivity contribution in [1.29, 1.82) is 0 Å². The quantitative estimate of drug-likeness (QED) is 0.417. The molecule has 3 aromatic rings. The maximum absolute atomic E-state index is 15.1. The van der Waals surface area contributed by atoms with Crippen LogP contribution in [0.1, 0.15) is 48.3 Å². The van der Waals surface area contributed by atoms with E-state index in [9.17, 15) is 9.90 Å². The highest BCUT2D eigenvalue weighted by molar-refractivity contribution is 6.33. The minimum absolute atomic E-state index is 0.0941. The number of rotatable bonds is 6. The molecule has 0 saturated heterocycles. The van der Waals surface area contributed by atoms with Gasteiger partial charge in [0.2, 0.25) is 5.82 Å². The molecule has 2 heterocycles. The van der Waals surface area contributed by atoms with Crippen LogP contribution >= 0.6 is 23.2 Å². The Morgan fingerprint density at radius 2 is 2.00 bits per heavy atom. The molecule has 2 aromatic carbocycles. The number of carbonyl (C=O) groups is 1. The van der Waals surface area contributed by atoms with Crippen molar-refractivity contribution in [2.75, 3.05) is 7.11 Å². The maximum Gasteiger partial charge on any atom is 0.327 e. The Bertz CT molecular complexity index is 1300. The van der Waals surface area contributed by atoms with Crippen molar-refractivity contribution in [1.82, 2.24) is 14.8 Å². The van der Waals surface area contributed by atoms with Gasteiger partial charge >= 0.3 is 11.9 Å². The molecule has 178 valence electrons. The molecular weight excluding hydrogens is 491 g/mol. The zero-order valence-electron chi connectivity index (χ0n) is 18.1. The van der Waals surface area contributed by atoms with E-state index in [1.165, 1.54) is 26.2 Å². The monoisotopic (exact) mass is 509 g/mol. The summed E-state index contributed by atoms with van der Waals surface area (Å²) in [7, 11) is 1.45. The van der Waals surface area contributed by atoms with Gasteiger partial charge in [0, 0.05) is 16.1 Å². The Morgan fingerprint density at radius 1 is 1.26 bits per heavy atom. The van der Waals surface area contributed by atoms with Crippen molar-refractivity contribution in [3.05, 3.63) is 81.4 Å². The predicted octanol–water partition coefficient (Wildman–Crippen LogP) is 5.89. The summed E-state index contributed by atoms with van der Waals surface area (Å²) in [6.07, 6.45) is -2.77. The van der Waals surface area contributed by atoms with Gasteiger partial charge in [-0.25, -0.2) is 0 Å². The van der Waals surface area contributed by atoms with Gasteiger partial charge in [-0.1, -0.05) is 41.9 Å². The number of carboxylic acid groups (broad SMARTS) is 1. The lowest BCUT2D eigenvalue weighted by molar-refractivity contribution is -0.141. The van der Waals surface area contributed by atoms with Gasteiger partial charge in [-0.2, -0.15) is 8.78 Å². The number of hydrogen-bond acceptors (Lipinski definition) is 5. The number of ether oxygens (including phenoxy) is 2. The zero-order valence-corrected chi connectivity index (χ0v) is 19.6. The van der Waals surface area contributed by atoms with Crippen LogP contribution in [0, 0.1) is 0 Å². The molecule has 0 bridgehead atoms. The summed E-state index contributed by atoms with van der Waals surface area (Å²) >= 11 is 12.8. The smallest absolute Gasteiger partial charge is 0.327 e. The molecule has 0 fully saturated rings. The third kappa shape index (κ3) is 4.04. The summed E-state index contributed by atoms with van der Waals surface area (Å²) in [5.41, 5.74) is 0.602. The molecule has 0 amide bonds. The molecule has 0 radical (unpaired) electrons. The van der Waals surface area contributed by atoms with Crippen LogP contribution < -0.4 is 4.74 Å². The second-order valence-corrected chi connectivity index (χ2v) is 8.56. The Morgan fingerprint density at radius 3 is 2.65 bits per heavy atom. The van der Waals surface area contributed by atoms with E-state index in [2.05, 4.69) is 16.8 Å². The van der Waals surface area contributed by atoms with Crippen LogP contribution in [-0.4, -0.2) is 33.0 Å². The molecule has 1 aliphatic rings. The van der Waals surface area contributed by atoms with E-state index >= 15 is 8.78 Å². The van der Waals surface area contributed by atoms with Gasteiger partial charge in [-0.3, -0.25) is 9.36 Å². The van der Waals surface area contributed by atoms with Crippen molar-refractivity contribution in [2.24, 2.45) is 0 Å². The van der Waals surface area contributed by atoms with E-state index in [0.29, 0.717) is 21.9 Å². The molecule has 0 spiro atoms. The van der Waals surface area contributed by atoms with Gasteiger partial charge in [0.05, 0.1) is 24.2 Å². The lowest BCUT2D eigenvalue weighted by atomic mass is 9.99. The van der Waals surface area contributed by atoms with Gasteiger partial charge in [-0.15, -0.1) is 10.2 Å². The average Bonchev–Trinajstić information content (AvgIpc) is 3.18. The molecule has 1 aliphatic heterocycles. The Kier molecular flexibility index (Phi) is 6.37. The largest absolute Gasteiger partial charge is 0.495 e. The molecule has 1 N–H and O–H groups in total. The molecule has 4 rings (SSSR count). The number of aliphatic carboxylic acids is 1. The number of methoxy groups -OCH3 is 1.